The van der Waals surface area contributed by atoms with Crippen molar-refractivity contribution in [2.75, 3.05) is 0 Å². The molecule has 0 amide bonds. The standard InChI is InChI=1S/C11H16N2/c1-4-6-13-7-5-10(9(2)3)8-11(13)12/h4-9,12H,1-3H3/b6-4-,12-11?. The molecule has 2 heteroatoms. The van der Waals surface area contributed by atoms with Crippen LogP contribution in [0.4, 0.5) is 0 Å². The Bertz CT molecular complexity index is 359. The van der Waals surface area contributed by atoms with E-state index in [-0.39, 0.29) is 0 Å². The van der Waals surface area contributed by atoms with Gasteiger partial charge in [0.2, 0.25) is 0 Å². The Morgan fingerprint density at radius 1 is 1.46 bits per heavy atom. The maximum Gasteiger partial charge on any atom is 0.129 e. The van der Waals surface area contributed by atoms with E-state index in [4.69, 9.17) is 5.41 Å². The Hall–Kier alpha value is -1.31. The molecular weight excluding hydrogens is 160 g/mol. The summed E-state index contributed by atoms with van der Waals surface area (Å²) < 4.78 is 1.80. The average molecular weight is 176 g/mol. The minimum Gasteiger partial charge on any atom is -0.309 e. The molecule has 0 aromatic carbocycles. The molecule has 1 aromatic heterocycles. The molecule has 1 N–H and O–H groups in total. The lowest BCUT2D eigenvalue weighted by Crippen LogP contribution is -2.14. The van der Waals surface area contributed by atoms with Crippen LogP contribution >= 0.6 is 0 Å². The van der Waals surface area contributed by atoms with Crippen LogP contribution in [0.2, 0.25) is 0 Å². The summed E-state index contributed by atoms with van der Waals surface area (Å²) in [5.41, 5.74) is 1.75. The third-order valence-corrected chi connectivity index (χ3v) is 1.99. The SMILES string of the molecule is C/C=C\n1ccc(C(C)C)cc1=N. The molecule has 0 bridgehead atoms. The molecule has 0 radical (unpaired) electrons. The maximum absolute atomic E-state index is 7.72. The number of hydrogen-bond donors (Lipinski definition) is 1. The van der Waals surface area contributed by atoms with Gasteiger partial charge < -0.3 is 4.57 Å². The molecular formula is C11H16N2. The molecule has 1 heterocycles. The molecule has 13 heavy (non-hydrogen) atoms. The van der Waals surface area contributed by atoms with Gasteiger partial charge in [-0.25, -0.2) is 0 Å². The van der Waals surface area contributed by atoms with Gasteiger partial charge in [-0.2, -0.15) is 0 Å². The molecule has 0 aliphatic rings. The van der Waals surface area contributed by atoms with Crippen LogP contribution in [0.5, 0.6) is 0 Å². The highest BCUT2D eigenvalue weighted by molar-refractivity contribution is 5.24. The second kappa shape index (κ2) is 4.08. The molecule has 0 spiro atoms. The zero-order valence-corrected chi connectivity index (χ0v) is 8.41. The van der Waals surface area contributed by atoms with Crippen LogP contribution in [0.1, 0.15) is 32.3 Å². The predicted octanol–water partition coefficient (Wildman–Crippen LogP) is 2.58. The normalized spacial score (nSPS) is 11.4. The van der Waals surface area contributed by atoms with E-state index < -0.39 is 0 Å². The summed E-state index contributed by atoms with van der Waals surface area (Å²) in [6.45, 7) is 6.21. The number of nitrogens with zero attached hydrogens (tertiary/aromatic N) is 1. The van der Waals surface area contributed by atoms with Crippen molar-refractivity contribution in [3.05, 3.63) is 35.5 Å². The monoisotopic (exact) mass is 176 g/mol. The van der Waals surface area contributed by atoms with Crippen molar-refractivity contribution in [1.82, 2.24) is 4.57 Å². The Morgan fingerprint density at radius 2 is 2.15 bits per heavy atom. The lowest BCUT2D eigenvalue weighted by molar-refractivity contribution is 0.842. The van der Waals surface area contributed by atoms with E-state index in [0.29, 0.717) is 11.4 Å². The van der Waals surface area contributed by atoms with Crippen LogP contribution in [0.3, 0.4) is 0 Å². The smallest absolute Gasteiger partial charge is 0.129 e. The van der Waals surface area contributed by atoms with Gasteiger partial charge in [0.1, 0.15) is 5.49 Å². The van der Waals surface area contributed by atoms with E-state index in [1.807, 2.05) is 31.5 Å². The highest BCUT2D eigenvalue weighted by Gasteiger charge is 1.98. The second-order valence-corrected chi connectivity index (χ2v) is 3.39. The first kappa shape index (κ1) is 9.78. The first-order valence-electron chi connectivity index (χ1n) is 4.54. The summed E-state index contributed by atoms with van der Waals surface area (Å²) in [6, 6.07) is 3.97. The van der Waals surface area contributed by atoms with E-state index >= 15 is 0 Å². The summed E-state index contributed by atoms with van der Waals surface area (Å²) in [6.07, 6.45) is 5.73. The quantitative estimate of drug-likeness (QED) is 0.717. The van der Waals surface area contributed by atoms with Crippen molar-refractivity contribution in [2.24, 2.45) is 0 Å². The van der Waals surface area contributed by atoms with Crippen LogP contribution in [-0.4, -0.2) is 4.57 Å². The molecule has 70 valence electrons. The highest BCUT2D eigenvalue weighted by Crippen LogP contribution is 2.10. The van der Waals surface area contributed by atoms with Gasteiger partial charge in [0.15, 0.2) is 0 Å². The van der Waals surface area contributed by atoms with Gasteiger partial charge in [-0.05, 0) is 30.5 Å². The second-order valence-electron chi connectivity index (χ2n) is 3.39. The molecule has 1 aromatic rings. The Kier molecular flexibility index (Phi) is 3.07. The summed E-state index contributed by atoms with van der Waals surface area (Å²) in [7, 11) is 0. The molecule has 1 rings (SSSR count). The largest absolute Gasteiger partial charge is 0.309 e. The number of allylic oxidation sites excluding steroid dienone is 1. The van der Waals surface area contributed by atoms with E-state index in [1.54, 1.807) is 4.57 Å². The molecule has 0 aliphatic heterocycles. The van der Waals surface area contributed by atoms with Crippen LogP contribution in [0.15, 0.2) is 24.4 Å². The van der Waals surface area contributed by atoms with Crippen molar-refractivity contribution < 1.29 is 0 Å². The molecule has 0 atom stereocenters. The Morgan fingerprint density at radius 3 is 2.62 bits per heavy atom. The number of aromatic nitrogens is 1. The van der Waals surface area contributed by atoms with Crippen molar-refractivity contribution in [1.29, 1.82) is 5.41 Å². The topological polar surface area (TPSA) is 28.8 Å². The van der Waals surface area contributed by atoms with Gasteiger partial charge in [0.25, 0.3) is 0 Å². The molecule has 0 saturated heterocycles. The number of rotatable bonds is 2. The summed E-state index contributed by atoms with van der Waals surface area (Å²) in [5.74, 6) is 0.490. The minimum atomic E-state index is 0.490. The van der Waals surface area contributed by atoms with Crippen LogP contribution < -0.4 is 5.49 Å². The van der Waals surface area contributed by atoms with E-state index in [1.165, 1.54) is 5.56 Å². The lowest BCUT2D eigenvalue weighted by atomic mass is 10.1. The van der Waals surface area contributed by atoms with Gasteiger partial charge in [-0.3, -0.25) is 5.41 Å². The van der Waals surface area contributed by atoms with Crippen molar-refractivity contribution in [3.63, 3.8) is 0 Å². The lowest BCUT2D eigenvalue weighted by Gasteiger charge is -2.06. The minimum absolute atomic E-state index is 0.490. The third kappa shape index (κ3) is 2.31. The fraction of sp³-hybridized carbons (Fsp3) is 0.364. The molecule has 0 aliphatic carbocycles. The van der Waals surface area contributed by atoms with E-state index in [9.17, 15) is 0 Å². The molecule has 0 fully saturated rings. The van der Waals surface area contributed by atoms with Crippen LogP contribution in [0.25, 0.3) is 6.20 Å². The number of pyridine rings is 1. The zero-order valence-electron chi connectivity index (χ0n) is 8.41. The van der Waals surface area contributed by atoms with Crippen LogP contribution in [-0.2, 0) is 0 Å². The van der Waals surface area contributed by atoms with Crippen molar-refractivity contribution >= 4 is 6.20 Å². The predicted molar refractivity (Wildman–Crippen MR) is 55.4 cm³/mol. The van der Waals surface area contributed by atoms with Gasteiger partial charge in [-0.15, -0.1) is 0 Å². The Balaban J connectivity index is 3.13. The van der Waals surface area contributed by atoms with E-state index in [2.05, 4.69) is 19.9 Å². The number of hydrogen-bond acceptors (Lipinski definition) is 1. The van der Waals surface area contributed by atoms with Crippen LogP contribution in [0, 0.1) is 5.41 Å². The average Bonchev–Trinajstić information content (AvgIpc) is 2.08. The highest BCUT2D eigenvalue weighted by atomic mass is 14.9. The van der Waals surface area contributed by atoms with E-state index in [0.717, 1.165) is 0 Å². The van der Waals surface area contributed by atoms with Gasteiger partial charge in [0.05, 0.1) is 0 Å². The Labute approximate surface area is 79.0 Å². The molecule has 0 saturated carbocycles. The fourth-order valence-corrected chi connectivity index (χ4v) is 1.18. The summed E-state index contributed by atoms with van der Waals surface area (Å²) in [4.78, 5) is 0. The van der Waals surface area contributed by atoms with Gasteiger partial charge in [-0.1, -0.05) is 19.9 Å². The molecule has 2 nitrogen and oxygen atoms in total. The first-order valence-corrected chi connectivity index (χ1v) is 4.54. The van der Waals surface area contributed by atoms with Gasteiger partial charge in [0, 0.05) is 12.4 Å². The maximum atomic E-state index is 7.72. The number of nitrogens with one attached hydrogen (secondary N) is 1. The first-order chi connectivity index (χ1) is 6.15. The summed E-state index contributed by atoms with van der Waals surface area (Å²) >= 11 is 0. The summed E-state index contributed by atoms with van der Waals surface area (Å²) in [5, 5.41) is 7.72. The van der Waals surface area contributed by atoms with Crippen molar-refractivity contribution in [3.8, 4) is 0 Å². The zero-order chi connectivity index (χ0) is 9.84. The fourth-order valence-electron chi connectivity index (χ4n) is 1.18. The van der Waals surface area contributed by atoms with Crippen molar-refractivity contribution in [2.45, 2.75) is 26.7 Å². The molecule has 0 unspecified atom stereocenters. The third-order valence-electron chi connectivity index (χ3n) is 1.99. The van der Waals surface area contributed by atoms with Gasteiger partial charge >= 0.3 is 0 Å².